The minimum atomic E-state index is -4.01. The number of hydrogen-bond acceptors (Lipinski definition) is 7. The number of benzene rings is 3. The molecule has 0 amide bonds. The van der Waals surface area contributed by atoms with Crippen molar-refractivity contribution in [3.63, 3.8) is 0 Å². The third kappa shape index (κ3) is 6.47. The molecule has 9 heteroatoms. The molecule has 2 N–H and O–H groups in total. The van der Waals surface area contributed by atoms with Crippen LogP contribution in [0.4, 0.5) is 11.5 Å². The molecule has 8 nitrogen and oxygen atoms in total. The Balaban J connectivity index is 1.93. The van der Waals surface area contributed by atoms with Gasteiger partial charge in [0.25, 0.3) is 10.0 Å². The first kappa shape index (κ1) is 30.3. The van der Waals surface area contributed by atoms with Crippen LogP contribution in [0.1, 0.15) is 54.7 Å². The van der Waals surface area contributed by atoms with Gasteiger partial charge in [0, 0.05) is 34.8 Å². The fourth-order valence-electron chi connectivity index (χ4n) is 4.36. The third-order valence-corrected chi connectivity index (χ3v) is 8.02. The molecule has 42 heavy (non-hydrogen) atoms. The van der Waals surface area contributed by atoms with Gasteiger partial charge in [-0.15, -0.1) is 0 Å². The molecule has 0 aliphatic carbocycles. The summed E-state index contributed by atoms with van der Waals surface area (Å²) < 4.78 is 40.1. The van der Waals surface area contributed by atoms with E-state index in [0.29, 0.717) is 33.7 Å². The number of nitrogens with two attached hydrogens (primary N) is 1. The Morgan fingerprint density at radius 2 is 1.67 bits per heavy atom. The Bertz CT molecular complexity index is 1780. The Hall–Kier alpha value is -4.63. The van der Waals surface area contributed by atoms with Crippen LogP contribution < -0.4 is 10.5 Å². The molecule has 0 unspecified atom stereocenters. The minimum Gasteiger partial charge on any atom is -0.496 e. The fraction of sp³-hybridized carbons (Fsp3) is 0.212. The summed E-state index contributed by atoms with van der Waals surface area (Å²) in [6.45, 7) is 8.98. The van der Waals surface area contributed by atoms with E-state index in [1.165, 1.54) is 3.97 Å². The highest BCUT2D eigenvalue weighted by atomic mass is 32.2. The van der Waals surface area contributed by atoms with Crippen molar-refractivity contribution < 1.29 is 22.7 Å². The molecule has 0 aliphatic heterocycles. The molecule has 0 bridgehead atoms. The molecule has 0 radical (unpaired) electrons. The summed E-state index contributed by atoms with van der Waals surface area (Å²) in [7, 11) is -2.45. The highest BCUT2D eigenvalue weighted by Gasteiger charge is 2.26. The second kappa shape index (κ2) is 12.1. The first-order chi connectivity index (χ1) is 19.9. The lowest BCUT2D eigenvalue weighted by Gasteiger charge is -2.20. The average molecular weight is 586 g/mol. The fourth-order valence-corrected chi connectivity index (χ4v) is 5.68. The van der Waals surface area contributed by atoms with Crippen molar-refractivity contribution in [2.75, 3.05) is 12.8 Å². The summed E-state index contributed by atoms with van der Waals surface area (Å²) in [4.78, 5) is 17.4. The predicted octanol–water partition coefficient (Wildman–Crippen LogP) is 7.14. The molecule has 0 spiro atoms. The van der Waals surface area contributed by atoms with Gasteiger partial charge in [0.2, 0.25) is 0 Å². The first-order valence-electron chi connectivity index (χ1n) is 13.4. The van der Waals surface area contributed by atoms with Crippen LogP contribution in [0.25, 0.3) is 23.3 Å². The molecule has 1 heterocycles. The van der Waals surface area contributed by atoms with Crippen LogP contribution in [0.5, 0.6) is 5.75 Å². The van der Waals surface area contributed by atoms with E-state index >= 15 is 0 Å². The van der Waals surface area contributed by atoms with Gasteiger partial charge in [-0.05, 0) is 76.6 Å². The van der Waals surface area contributed by atoms with Gasteiger partial charge in [-0.1, -0.05) is 48.0 Å². The minimum absolute atomic E-state index is 0.137. The summed E-state index contributed by atoms with van der Waals surface area (Å²) in [6.07, 6.45) is 6.66. The van der Waals surface area contributed by atoms with Gasteiger partial charge in [0.05, 0.1) is 17.6 Å². The molecule has 0 aliphatic rings. The number of ether oxygens (including phenoxy) is 2. The van der Waals surface area contributed by atoms with E-state index in [1.807, 2.05) is 31.2 Å². The maximum Gasteiger partial charge on any atom is 0.340 e. The number of nitrogens with zero attached hydrogens (tertiary/aromatic N) is 2. The molecule has 0 fully saturated rings. The van der Waals surface area contributed by atoms with Gasteiger partial charge in [-0.3, -0.25) is 0 Å². The molecule has 4 aromatic rings. The van der Waals surface area contributed by atoms with Gasteiger partial charge in [-0.25, -0.2) is 22.2 Å². The van der Waals surface area contributed by atoms with Crippen molar-refractivity contribution in [2.24, 2.45) is 4.99 Å². The lowest BCUT2D eigenvalue weighted by molar-refractivity contribution is 0.00707. The molecule has 0 saturated heterocycles. The molecule has 4 rings (SSSR count). The standard InChI is InChI=1S/C33H35N3O5S/c1-7-35-31-26(18-14-23-15-19-29(34)27(20-23)32(37)41-33(3,4)5)28(25-10-8-9-11-30(25)40-6)21-36(31)42(38,39)24-16-12-22(2)13-17-24/h7-21H,34H2,1-6H3/b18-14+,35-7?. The average Bonchev–Trinajstić information content (AvgIpc) is 3.30. The molecule has 218 valence electrons. The van der Waals surface area contributed by atoms with Crippen molar-refractivity contribution in [2.45, 2.75) is 45.1 Å². The van der Waals surface area contributed by atoms with Crippen LogP contribution in [-0.4, -0.2) is 37.3 Å². The summed E-state index contributed by atoms with van der Waals surface area (Å²) in [5, 5.41) is 0. The topological polar surface area (TPSA) is 113 Å². The van der Waals surface area contributed by atoms with E-state index in [0.717, 1.165) is 5.56 Å². The number of hydrogen-bond donors (Lipinski definition) is 1. The first-order valence-corrected chi connectivity index (χ1v) is 14.8. The quantitative estimate of drug-likeness (QED) is 0.134. The summed E-state index contributed by atoms with van der Waals surface area (Å²) in [5.41, 5.74) is 9.40. The highest BCUT2D eigenvalue weighted by Crippen LogP contribution is 2.41. The zero-order valence-electron chi connectivity index (χ0n) is 24.6. The molecule has 3 aromatic carbocycles. The van der Waals surface area contributed by atoms with Gasteiger partial charge in [0.15, 0.2) is 5.82 Å². The summed E-state index contributed by atoms with van der Waals surface area (Å²) in [6, 6.07) is 19.1. The number of carbonyl (C=O) groups is 1. The highest BCUT2D eigenvalue weighted by molar-refractivity contribution is 7.90. The number of anilines is 1. The Morgan fingerprint density at radius 1 is 0.976 bits per heavy atom. The molecular weight excluding hydrogens is 550 g/mol. The lowest BCUT2D eigenvalue weighted by atomic mass is 10.0. The SMILES string of the molecule is CC=Nc1c(/C=C/c2ccc(N)c(C(=O)OC(C)(C)C)c2)c(-c2ccccc2OC)cn1S(=O)(=O)c1ccc(C)cc1. The molecule has 1 aromatic heterocycles. The van der Waals surface area contributed by atoms with Crippen molar-refractivity contribution in [3.05, 3.63) is 95.2 Å². The monoisotopic (exact) mass is 585 g/mol. The van der Waals surface area contributed by atoms with Crippen LogP contribution >= 0.6 is 0 Å². The van der Waals surface area contributed by atoms with E-state index in [4.69, 9.17) is 15.2 Å². The van der Waals surface area contributed by atoms with Crippen LogP contribution in [0.2, 0.25) is 0 Å². The number of carbonyl (C=O) groups excluding carboxylic acids is 1. The van der Waals surface area contributed by atoms with E-state index < -0.39 is 21.6 Å². The number of aryl methyl sites for hydroxylation is 1. The van der Waals surface area contributed by atoms with Crippen LogP contribution in [0.3, 0.4) is 0 Å². The van der Waals surface area contributed by atoms with E-state index in [-0.39, 0.29) is 16.3 Å². The number of nitrogen functional groups attached to an aromatic ring is 1. The van der Waals surface area contributed by atoms with Gasteiger partial charge >= 0.3 is 5.97 Å². The zero-order chi connectivity index (χ0) is 30.7. The summed E-state index contributed by atoms with van der Waals surface area (Å²) >= 11 is 0. The van der Waals surface area contributed by atoms with Crippen molar-refractivity contribution in [1.82, 2.24) is 3.97 Å². The zero-order valence-corrected chi connectivity index (χ0v) is 25.4. The van der Waals surface area contributed by atoms with E-state index in [1.54, 1.807) is 102 Å². The van der Waals surface area contributed by atoms with Crippen LogP contribution in [-0.2, 0) is 14.8 Å². The maximum absolute atomic E-state index is 13.9. The van der Waals surface area contributed by atoms with Crippen LogP contribution in [0, 0.1) is 6.92 Å². The van der Waals surface area contributed by atoms with E-state index in [2.05, 4.69) is 4.99 Å². The van der Waals surface area contributed by atoms with E-state index in [9.17, 15) is 13.2 Å². The summed E-state index contributed by atoms with van der Waals surface area (Å²) in [5.74, 6) is 0.262. The number of esters is 1. The normalized spacial score (nSPS) is 12.2. The maximum atomic E-state index is 13.9. The van der Waals surface area contributed by atoms with Crippen molar-refractivity contribution >= 4 is 45.9 Å². The molecule has 0 atom stereocenters. The Kier molecular flexibility index (Phi) is 8.72. The second-order valence-electron chi connectivity index (χ2n) is 10.7. The largest absolute Gasteiger partial charge is 0.496 e. The third-order valence-electron chi connectivity index (χ3n) is 6.35. The van der Waals surface area contributed by atoms with Crippen molar-refractivity contribution in [3.8, 4) is 16.9 Å². The van der Waals surface area contributed by atoms with Gasteiger partial charge in [-0.2, -0.15) is 0 Å². The number of aliphatic imine (C=N–C) groups is 1. The number of rotatable bonds is 8. The van der Waals surface area contributed by atoms with Crippen molar-refractivity contribution in [1.29, 1.82) is 0 Å². The predicted molar refractivity (Wildman–Crippen MR) is 169 cm³/mol. The number of methoxy groups -OCH3 is 1. The smallest absolute Gasteiger partial charge is 0.340 e. The number of aromatic nitrogens is 1. The molecule has 0 saturated carbocycles. The Morgan fingerprint density at radius 3 is 2.31 bits per heavy atom. The Labute approximate surface area is 247 Å². The molecular formula is C33H35N3O5S. The number of para-hydroxylation sites is 1. The van der Waals surface area contributed by atoms with Gasteiger partial charge in [0.1, 0.15) is 11.4 Å². The second-order valence-corrected chi connectivity index (χ2v) is 12.5. The lowest BCUT2D eigenvalue weighted by Crippen LogP contribution is -2.24. The van der Waals surface area contributed by atoms with Gasteiger partial charge < -0.3 is 15.2 Å². The van der Waals surface area contributed by atoms with Crippen LogP contribution in [0.15, 0.2) is 82.8 Å².